The van der Waals surface area contributed by atoms with Crippen molar-refractivity contribution in [1.29, 1.82) is 0 Å². The first-order valence-electron chi connectivity index (χ1n) is 8.57. The van der Waals surface area contributed by atoms with Crippen molar-refractivity contribution in [2.75, 3.05) is 5.75 Å². The second kappa shape index (κ2) is 7.28. The summed E-state index contributed by atoms with van der Waals surface area (Å²) < 4.78 is 1.99. The Labute approximate surface area is 160 Å². The molecule has 0 saturated heterocycles. The molecule has 0 spiro atoms. The highest BCUT2D eigenvalue weighted by Crippen LogP contribution is 2.22. The molecule has 0 unspecified atom stereocenters. The Morgan fingerprint density at radius 2 is 2.04 bits per heavy atom. The summed E-state index contributed by atoms with van der Waals surface area (Å²) in [4.78, 5) is 20.0. The van der Waals surface area contributed by atoms with Gasteiger partial charge in [0, 0.05) is 29.2 Å². The van der Waals surface area contributed by atoms with E-state index in [1.54, 1.807) is 6.21 Å². The number of fused-ring (bicyclic) bond motifs is 2. The molecule has 0 saturated carbocycles. The van der Waals surface area contributed by atoms with Crippen LogP contribution >= 0.6 is 11.8 Å². The van der Waals surface area contributed by atoms with Crippen molar-refractivity contribution < 1.29 is 4.79 Å². The van der Waals surface area contributed by atoms with Gasteiger partial charge in [-0.15, -0.1) is 0 Å². The quantitative estimate of drug-likeness (QED) is 0.317. The number of H-pyrrole nitrogens is 1. The molecule has 2 heterocycles. The minimum Gasteiger partial charge on any atom is -0.358 e. The normalized spacial score (nSPS) is 11.6. The molecule has 0 fully saturated rings. The Hall–Kier alpha value is -3.06. The van der Waals surface area contributed by atoms with Crippen molar-refractivity contribution in [3.8, 4) is 0 Å². The van der Waals surface area contributed by atoms with E-state index in [9.17, 15) is 4.79 Å². The molecule has 136 valence electrons. The lowest BCUT2D eigenvalue weighted by Crippen LogP contribution is -2.19. The largest absolute Gasteiger partial charge is 0.358 e. The first kappa shape index (κ1) is 17.4. The summed E-state index contributed by atoms with van der Waals surface area (Å²) in [6.07, 6.45) is 1.69. The van der Waals surface area contributed by atoms with E-state index in [1.165, 1.54) is 11.8 Å². The van der Waals surface area contributed by atoms with Crippen LogP contribution in [0.4, 0.5) is 0 Å². The van der Waals surface area contributed by atoms with Crippen LogP contribution in [0, 0.1) is 6.92 Å². The predicted octanol–water partition coefficient (Wildman–Crippen LogP) is 3.61. The number of hydrazone groups is 1. The third-order valence-corrected chi connectivity index (χ3v) is 5.43. The highest BCUT2D eigenvalue weighted by molar-refractivity contribution is 7.99. The molecule has 6 nitrogen and oxygen atoms in total. The number of nitrogens with zero attached hydrogens (tertiary/aromatic N) is 3. The van der Waals surface area contributed by atoms with E-state index in [2.05, 4.69) is 20.5 Å². The van der Waals surface area contributed by atoms with Gasteiger partial charge in [0.15, 0.2) is 5.16 Å². The zero-order chi connectivity index (χ0) is 18.8. The lowest BCUT2D eigenvalue weighted by atomic mass is 10.1. The van der Waals surface area contributed by atoms with Gasteiger partial charge in [-0.2, -0.15) is 5.10 Å². The fourth-order valence-electron chi connectivity index (χ4n) is 3.05. The van der Waals surface area contributed by atoms with Crippen LogP contribution < -0.4 is 5.43 Å². The summed E-state index contributed by atoms with van der Waals surface area (Å²) in [5.41, 5.74) is 7.62. The van der Waals surface area contributed by atoms with E-state index in [0.29, 0.717) is 0 Å². The van der Waals surface area contributed by atoms with Crippen LogP contribution in [0.25, 0.3) is 21.9 Å². The number of aromatic amines is 1. The molecule has 0 aliphatic rings. The fraction of sp³-hybridized carbons (Fsp3) is 0.150. The van der Waals surface area contributed by atoms with Gasteiger partial charge in [-0.25, -0.2) is 10.4 Å². The van der Waals surface area contributed by atoms with E-state index in [1.807, 2.05) is 67.1 Å². The molecular weight excluding hydrogens is 358 g/mol. The molecule has 0 radical (unpaired) electrons. The molecular formula is C20H19N5OS. The first-order valence-corrected chi connectivity index (χ1v) is 9.55. The zero-order valence-electron chi connectivity index (χ0n) is 15.1. The van der Waals surface area contributed by atoms with E-state index >= 15 is 0 Å². The van der Waals surface area contributed by atoms with Crippen molar-refractivity contribution in [2.24, 2.45) is 12.1 Å². The van der Waals surface area contributed by atoms with E-state index < -0.39 is 0 Å². The molecule has 2 aromatic carbocycles. The molecule has 27 heavy (non-hydrogen) atoms. The highest BCUT2D eigenvalue weighted by Gasteiger charge is 2.10. The fourth-order valence-corrected chi connectivity index (χ4v) is 3.83. The van der Waals surface area contributed by atoms with Gasteiger partial charge >= 0.3 is 0 Å². The maximum absolute atomic E-state index is 12.1. The summed E-state index contributed by atoms with van der Waals surface area (Å²) in [5, 5.41) is 6.01. The maximum atomic E-state index is 12.1. The number of para-hydroxylation sites is 3. The van der Waals surface area contributed by atoms with Crippen LogP contribution in [0.3, 0.4) is 0 Å². The van der Waals surface area contributed by atoms with Crippen molar-refractivity contribution in [1.82, 2.24) is 20.0 Å². The molecule has 4 aromatic rings. The number of rotatable bonds is 5. The Morgan fingerprint density at radius 3 is 2.89 bits per heavy atom. The molecule has 0 aliphatic carbocycles. The van der Waals surface area contributed by atoms with Crippen LogP contribution in [-0.2, 0) is 11.8 Å². The standard InChI is InChI=1S/C20H19N5OS/c1-13-15(14-7-3-4-8-16(14)22-13)11-21-24-19(26)12-27-20-23-17-9-5-6-10-18(17)25(20)2/h3-11,22H,12H2,1-2H3,(H,24,26)/b21-11-. The van der Waals surface area contributed by atoms with Gasteiger partial charge in [-0.3, -0.25) is 4.79 Å². The monoisotopic (exact) mass is 377 g/mol. The number of benzene rings is 2. The number of carbonyl (C=O) groups is 1. The number of hydrogen-bond acceptors (Lipinski definition) is 4. The van der Waals surface area contributed by atoms with Crippen molar-refractivity contribution >= 4 is 45.8 Å². The third-order valence-electron chi connectivity index (χ3n) is 4.40. The topological polar surface area (TPSA) is 75.1 Å². The number of amides is 1. The first-order chi connectivity index (χ1) is 13.1. The summed E-state index contributed by atoms with van der Waals surface area (Å²) in [6.45, 7) is 1.99. The molecule has 2 N–H and O–H groups in total. The van der Waals surface area contributed by atoms with Gasteiger partial charge in [0.1, 0.15) is 0 Å². The summed E-state index contributed by atoms with van der Waals surface area (Å²) in [6, 6.07) is 15.9. The number of aryl methyl sites for hydroxylation is 2. The van der Waals surface area contributed by atoms with Gasteiger partial charge < -0.3 is 9.55 Å². The lowest BCUT2D eigenvalue weighted by molar-refractivity contribution is -0.118. The lowest BCUT2D eigenvalue weighted by Gasteiger charge is -2.01. The van der Waals surface area contributed by atoms with Crippen LogP contribution in [0.15, 0.2) is 58.8 Å². The minimum atomic E-state index is -0.166. The summed E-state index contributed by atoms with van der Waals surface area (Å²) in [7, 11) is 1.95. The Balaban J connectivity index is 1.40. The molecule has 7 heteroatoms. The second-order valence-electron chi connectivity index (χ2n) is 6.23. The molecule has 0 aliphatic heterocycles. The Morgan fingerprint density at radius 1 is 1.26 bits per heavy atom. The minimum absolute atomic E-state index is 0.166. The molecule has 4 rings (SSSR count). The average molecular weight is 377 g/mol. The molecule has 1 amide bonds. The van der Waals surface area contributed by atoms with Gasteiger partial charge in [0.2, 0.25) is 0 Å². The van der Waals surface area contributed by atoms with Crippen molar-refractivity contribution in [3.05, 3.63) is 59.8 Å². The Kier molecular flexibility index (Phi) is 4.68. The average Bonchev–Trinajstić information content (AvgIpc) is 3.17. The second-order valence-corrected chi connectivity index (χ2v) is 7.18. The number of thioether (sulfide) groups is 1. The zero-order valence-corrected chi connectivity index (χ0v) is 15.9. The van der Waals surface area contributed by atoms with E-state index in [4.69, 9.17) is 0 Å². The number of carbonyl (C=O) groups excluding carboxylic acids is 1. The number of imidazole rings is 1. The van der Waals surface area contributed by atoms with Crippen molar-refractivity contribution in [3.63, 3.8) is 0 Å². The van der Waals surface area contributed by atoms with Gasteiger partial charge in [0.05, 0.1) is 23.0 Å². The van der Waals surface area contributed by atoms with Gasteiger partial charge in [0.25, 0.3) is 5.91 Å². The summed E-state index contributed by atoms with van der Waals surface area (Å²) in [5.74, 6) is 0.0854. The van der Waals surface area contributed by atoms with Crippen LogP contribution in [0.2, 0.25) is 0 Å². The molecule has 2 aromatic heterocycles. The predicted molar refractivity (Wildman–Crippen MR) is 110 cm³/mol. The van der Waals surface area contributed by atoms with Crippen molar-refractivity contribution in [2.45, 2.75) is 12.1 Å². The third kappa shape index (κ3) is 3.46. The summed E-state index contributed by atoms with van der Waals surface area (Å²) >= 11 is 1.39. The smallest absolute Gasteiger partial charge is 0.250 e. The maximum Gasteiger partial charge on any atom is 0.250 e. The van der Waals surface area contributed by atoms with Crippen LogP contribution in [-0.4, -0.2) is 32.4 Å². The highest BCUT2D eigenvalue weighted by atomic mass is 32.2. The van der Waals surface area contributed by atoms with Crippen LogP contribution in [0.1, 0.15) is 11.3 Å². The molecule has 0 atom stereocenters. The van der Waals surface area contributed by atoms with Gasteiger partial charge in [-0.05, 0) is 25.1 Å². The van der Waals surface area contributed by atoms with E-state index in [-0.39, 0.29) is 11.7 Å². The van der Waals surface area contributed by atoms with Crippen LogP contribution in [0.5, 0.6) is 0 Å². The number of hydrogen-bond donors (Lipinski definition) is 2. The van der Waals surface area contributed by atoms with Gasteiger partial charge in [-0.1, -0.05) is 42.1 Å². The Bertz CT molecular complexity index is 1160. The van der Waals surface area contributed by atoms with E-state index in [0.717, 1.165) is 38.4 Å². The molecule has 0 bridgehead atoms. The SMILES string of the molecule is Cc1[nH]c2ccccc2c1/C=N\NC(=O)CSc1nc2ccccc2n1C. The number of aromatic nitrogens is 3. The number of nitrogens with one attached hydrogen (secondary N) is 2.